The standard InChI is InChI=1S/C20H32N2O3/c1-4-5-12-25-18-10-11-19(15(2)13-18)21-20(24)22(3)17-8-6-16(14-23)7-9-17/h10-11,13,16-17,23H,4-9,12,14H2,1-3H3,(H,21,24). The second-order valence-corrected chi connectivity index (χ2v) is 7.08. The molecule has 1 aliphatic carbocycles. The first-order chi connectivity index (χ1) is 12.0. The maximum absolute atomic E-state index is 12.5. The largest absolute Gasteiger partial charge is 0.494 e. The molecule has 1 aromatic carbocycles. The number of hydrogen-bond acceptors (Lipinski definition) is 3. The number of unbranched alkanes of at least 4 members (excludes halogenated alkanes) is 1. The van der Waals surface area contributed by atoms with Gasteiger partial charge in [-0.3, -0.25) is 0 Å². The highest BCUT2D eigenvalue weighted by Gasteiger charge is 2.26. The van der Waals surface area contributed by atoms with Gasteiger partial charge in [-0.1, -0.05) is 13.3 Å². The SMILES string of the molecule is CCCCOc1ccc(NC(=O)N(C)C2CCC(CO)CC2)c(C)c1. The number of carbonyl (C=O) groups excluding carboxylic acids is 1. The van der Waals surface area contributed by atoms with Gasteiger partial charge in [-0.05, 0) is 68.7 Å². The smallest absolute Gasteiger partial charge is 0.321 e. The number of benzene rings is 1. The molecule has 2 rings (SSSR count). The van der Waals surface area contributed by atoms with E-state index in [1.54, 1.807) is 4.90 Å². The third kappa shape index (κ3) is 5.63. The van der Waals surface area contributed by atoms with Crippen molar-refractivity contribution in [2.75, 3.05) is 25.6 Å². The van der Waals surface area contributed by atoms with Crippen LogP contribution >= 0.6 is 0 Å². The lowest BCUT2D eigenvalue weighted by atomic mass is 9.86. The summed E-state index contributed by atoms with van der Waals surface area (Å²) >= 11 is 0. The maximum atomic E-state index is 12.5. The zero-order chi connectivity index (χ0) is 18.2. The van der Waals surface area contributed by atoms with Crippen LogP contribution in [-0.2, 0) is 0 Å². The highest BCUT2D eigenvalue weighted by molar-refractivity contribution is 5.90. The minimum atomic E-state index is -0.0739. The number of ether oxygens (including phenoxy) is 1. The van der Waals surface area contributed by atoms with Crippen molar-refractivity contribution < 1.29 is 14.6 Å². The van der Waals surface area contributed by atoms with Gasteiger partial charge in [0.2, 0.25) is 0 Å². The summed E-state index contributed by atoms with van der Waals surface area (Å²) in [4.78, 5) is 14.3. The number of amides is 2. The predicted octanol–water partition coefficient (Wildman–Crippen LogP) is 4.19. The number of anilines is 1. The van der Waals surface area contributed by atoms with Crippen LogP contribution in [0.25, 0.3) is 0 Å². The minimum Gasteiger partial charge on any atom is -0.494 e. The summed E-state index contributed by atoms with van der Waals surface area (Å²) in [7, 11) is 1.86. The van der Waals surface area contributed by atoms with Crippen molar-refractivity contribution in [1.29, 1.82) is 0 Å². The van der Waals surface area contributed by atoms with E-state index in [0.717, 1.165) is 62.1 Å². The lowest BCUT2D eigenvalue weighted by molar-refractivity contribution is 0.139. The molecule has 140 valence electrons. The first-order valence-electron chi connectivity index (χ1n) is 9.43. The van der Waals surface area contributed by atoms with E-state index < -0.39 is 0 Å². The van der Waals surface area contributed by atoms with E-state index in [1.807, 2.05) is 32.2 Å². The molecule has 0 aromatic heterocycles. The number of nitrogens with zero attached hydrogens (tertiary/aromatic N) is 1. The van der Waals surface area contributed by atoms with Gasteiger partial charge in [0.25, 0.3) is 0 Å². The van der Waals surface area contributed by atoms with E-state index in [9.17, 15) is 9.90 Å². The molecule has 5 heteroatoms. The summed E-state index contributed by atoms with van der Waals surface area (Å²) in [6.45, 7) is 5.10. The Balaban J connectivity index is 1.89. The average molecular weight is 348 g/mol. The summed E-state index contributed by atoms with van der Waals surface area (Å²) in [5.41, 5.74) is 1.82. The highest BCUT2D eigenvalue weighted by Crippen LogP contribution is 2.27. The average Bonchev–Trinajstić information content (AvgIpc) is 2.63. The van der Waals surface area contributed by atoms with Gasteiger partial charge in [0.1, 0.15) is 5.75 Å². The molecule has 1 fully saturated rings. The molecule has 1 aromatic rings. The Kier molecular flexibility index (Phi) is 7.56. The van der Waals surface area contributed by atoms with E-state index >= 15 is 0 Å². The molecule has 5 nitrogen and oxygen atoms in total. The maximum Gasteiger partial charge on any atom is 0.321 e. The molecule has 0 unspecified atom stereocenters. The quantitative estimate of drug-likeness (QED) is 0.726. The summed E-state index contributed by atoms with van der Waals surface area (Å²) in [5, 5.41) is 12.2. The highest BCUT2D eigenvalue weighted by atomic mass is 16.5. The van der Waals surface area contributed by atoms with Gasteiger partial charge >= 0.3 is 6.03 Å². The minimum absolute atomic E-state index is 0.0739. The molecule has 25 heavy (non-hydrogen) atoms. The van der Waals surface area contributed by atoms with Crippen molar-refractivity contribution in [3.05, 3.63) is 23.8 Å². The summed E-state index contributed by atoms with van der Waals surface area (Å²) in [6.07, 6.45) is 6.04. The van der Waals surface area contributed by atoms with Gasteiger partial charge in [-0.25, -0.2) is 4.79 Å². The molecule has 0 saturated heterocycles. The van der Waals surface area contributed by atoms with Gasteiger partial charge in [0, 0.05) is 25.4 Å². The van der Waals surface area contributed by atoms with Crippen LogP contribution in [0.1, 0.15) is 51.0 Å². The number of aliphatic hydroxyl groups is 1. The fraction of sp³-hybridized carbons (Fsp3) is 0.650. The molecule has 0 aliphatic heterocycles. The van der Waals surface area contributed by atoms with Crippen molar-refractivity contribution in [3.8, 4) is 5.75 Å². The number of carbonyl (C=O) groups is 1. The molecular formula is C20H32N2O3. The monoisotopic (exact) mass is 348 g/mol. The fourth-order valence-corrected chi connectivity index (χ4v) is 3.28. The van der Waals surface area contributed by atoms with Crippen molar-refractivity contribution >= 4 is 11.7 Å². The van der Waals surface area contributed by atoms with Crippen LogP contribution in [0.2, 0.25) is 0 Å². The van der Waals surface area contributed by atoms with Crippen LogP contribution in [0.3, 0.4) is 0 Å². The topological polar surface area (TPSA) is 61.8 Å². The Morgan fingerprint density at radius 1 is 1.32 bits per heavy atom. The second-order valence-electron chi connectivity index (χ2n) is 7.08. The molecule has 0 bridgehead atoms. The summed E-state index contributed by atoms with van der Waals surface area (Å²) < 4.78 is 5.71. The van der Waals surface area contributed by atoms with Gasteiger partial charge in [-0.15, -0.1) is 0 Å². The molecule has 0 spiro atoms. The fourth-order valence-electron chi connectivity index (χ4n) is 3.28. The molecule has 0 heterocycles. The molecule has 1 saturated carbocycles. The van der Waals surface area contributed by atoms with Crippen LogP contribution in [-0.4, -0.2) is 42.3 Å². The van der Waals surface area contributed by atoms with E-state index in [-0.39, 0.29) is 18.7 Å². The Morgan fingerprint density at radius 2 is 2.04 bits per heavy atom. The molecule has 2 amide bonds. The van der Waals surface area contributed by atoms with Crippen molar-refractivity contribution in [3.63, 3.8) is 0 Å². The Labute approximate surface area is 151 Å². The first kappa shape index (κ1) is 19.6. The van der Waals surface area contributed by atoms with Crippen LogP contribution in [0.4, 0.5) is 10.5 Å². The molecule has 1 aliphatic rings. The number of aliphatic hydroxyl groups excluding tert-OH is 1. The number of rotatable bonds is 7. The Morgan fingerprint density at radius 3 is 2.64 bits per heavy atom. The van der Waals surface area contributed by atoms with Gasteiger partial charge in [0.05, 0.1) is 6.61 Å². The molecule has 2 N–H and O–H groups in total. The van der Waals surface area contributed by atoms with Gasteiger partial charge in [-0.2, -0.15) is 0 Å². The van der Waals surface area contributed by atoms with E-state index in [0.29, 0.717) is 5.92 Å². The third-order valence-electron chi connectivity index (χ3n) is 5.15. The lowest BCUT2D eigenvalue weighted by Crippen LogP contribution is -2.42. The van der Waals surface area contributed by atoms with Crippen molar-refractivity contribution in [2.45, 2.75) is 58.4 Å². The third-order valence-corrected chi connectivity index (χ3v) is 5.15. The van der Waals surface area contributed by atoms with E-state index in [2.05, 4.69) is 12.2 Å². The Hall–Kier alpha value is -1.75. The molecular weight excluding hydrogens is 316 g/mol. The summed E-state index contributed by atoms with van der Waals surface area (Å²) in [5.74, 6) is 1.25. The van der Waals surface area contributed by atoms with Crippen molar-refractivity contribution in [2.24, 2.45) is 5.92 Å². The van der Waals surface area contributed by atoms with Gasteiger partial charge in [0.15, 0.2) is 0 Å². The predicted molar refractivity (Wildman–Crippen MR) is 101 cm³/mol. The van der Waals surface area contributed by atoms with Gasteiger partial charge < -0.3 is 20.1 Å². The van der Waals surface area contributed by atoms with Crippen molar-refractivity contribution in [1.82, 2.24) is 4.90 Å². The van der Waals surface area contributed by atoms with Crippen LogP contribution < -0.4 is 10.1 Å². The normalized spacial score (nSPS) is 20.2. The second kappa shape index (κ2) is 9.66. The lowest BCUT2D eigenvalue weighted by Gasteiger charge is -2.34. The van der Waals surface area contributed by atoms with E-state index in [4.69, 9.17) is 4.74 Å². The number of urea groups is 1. The molecule has 0 atom stereocenters. The first-order valence-corrected chi connectivity index (χ1v) is 9.43. The zero-order valence-electron chi connectivity index (χ0n) is 15.8. The Bertz CT molecular complexity index is 554. The van der Waals surface area contributed by atoms with Crippen LogP contribution in [0.15, 0.2) is 18.2 Å². The van der Waals surface area contributed by atoms with E-state index in [1.165, 1.54) is 0 Å². The number of nitrogens with one attached hydrogen (secondary N) is 1. The number of aryl methyl sites for hydroxylation is 1. The number of hydrogen-bond donors (Lipinski definition) is 2. The van der Waals surface area contributed by atoms with Crippen LogP contribution in [0, 0.1) is 12.8 Å². The summed E-state index contributed by atoms with van der Waals surface area (Å²) in [6, 6.07) is 5.96. The molecule has 0 radical (unpaired) electrons. The zero-order valence-corrected chi connectivity index (χ0v) is 15.8. The van der Waals surface area contributed by atoms with Crippen LogP contribution in [0.5, 0.6) is 5.75 Å².